The van der Waals surface area contributed by atoms with Crippen molar-refractivity contribution in [3.05, 3.63) is 24.3 Å². The van der Waals surface area contributed by atoms with Crippen LogP contribution in [0.5, 0.6) is 11.5 Å². The highest BCUT2D eigenvalue weighted by atomic mass is 32.2. The van der Waals surface area contributed by atoms with Crippen LogP contribution < -0.4 is 14.8 Å². The number of benzene rings is 1. The van der Waals surface area contributed by atoms with Crippen molar-refractivity contribution in [2.24, 2.45) is 0 Å². The van der Waals surface area contributed by atoms with Crippen LogP contribution in [0.25, 0.3) is 0 Å². The molecule has 1 rings (SSSR count). The van der Waals surface area contributed by atoms with Crippen molar-refractivity contribution in [3.8, 4) is 11.5 Å². The first-order valence-corrected chi connectivity index (χ1v) is 7.65. The standard InChI is InChI=1S/C14H23NO2S/c1-12(8-11-18-3)15-9-10-17-14-6-4-13(16-2)5-7-14/h4-7,12,15H,8-11H2,1-3H3. The molecular weight excluding hydrogens is 246 g/mol. The zero-order valence-electron chi connectivity index (χ0n) is 11.4. The van der Waals surface area contributed by atoms with E-state index in [-0.39, 0.29) is 0 Å². The second-order valence-corrected chi connectivity index (χ2v) is 5.15. The van der Waals surface area contributed by atoms with E-state index in [1.807, 2.05) is 36.0 Å². The molecule has 0 radical (unpaired) electrons. The largest absolute Gasteiger partial charge is 0.497 e. The van der Waals surface area contributed by atoms with Gasteiger partial charge in [0.15, 0.2) is 0 Å². The zero-order valence-corrected chi connectivity index (χ0v) is 12.3. The van der Waals surface area contributed by atoms with Crippen molar-refractivity contribution in [2.75, 3.05) is 32.3 Å². The van der Waals surface area contributed by atoms with Crippen LogP contribution in [-0.4, -0.2) is 38.3 Å². The Morgan fingerprint density at radius 2 is 1.89 bits per heavy atom. The topological polar surface area (TPSA) is 30.5 Å². The first-order chi connectivity index (χ1) is 8.76. The van der Waals surface area contributed by atoms with Crippen LogP contribution in [0.2, 0.25) is 0 Å². The molecule has 102 valence electrons. The number of thioether (sulfide) groups is 1. The quantitative estimate of drug-likeness (QED) is 0.698. The molecule has 1 aromatic carbocycles. The summed E-state index contributed by atoms with van der Waals surface area (Å²) in [5.41, 5.74) is 0. The normalized spacial score (nSPS) is 12.2. The third-order valence-electron chi connectivity index (χ3n) is 2.68. The fraction of sp³-hybridized carbons (Fsp3) is 0.571. The van der Waals surface area contributed by atoms with Crippen molar-refractivity contribution < 1.29 is 9.47 Å². The number of methoxy groups -OCH3 is 1. The average molecular weight is 269 g/mol. The molecule has 0 heterocycles. The minimum Gasteiger partial charge on any atom is -0.497 e. The maximum atomic E-state index is 5.64. The summed E-state index contributed by atoms with van der Waals surface area (Å²) in [6.45, 7) is 3.78. The molecule has 0 amide bonds. The summed E-state index contributed by atoms with van der Waals surface area (Å²) in [5, 5.41) is 3.45. The Bertz CT molecular complexity index is 316. The van der Waals surface area contributed by atoms with E-state index in [9.17, 15) is 0 Å². The highest BCUT2D eigenvalue weighted by Gasteiger charge is 2.00. The molecule has 0 bridgehead atoms. The fourth-order valence-corrected chi connectivity index (χ4v) is 2.13. The van der Waals surface area contributed by atoms with Gasteiger partial charge >= 0.3 is 0 Å². The minimum atomic E-state index is 0.553. The average Bonchev–Trinajstić information content (AvgIpc) is 2.42. The predicted molar refractivity (Wildman–Crippen MR) is 79.0 cm³/mol. The molecule has 0 spiro atoms. The van der Waals surface area contributed by atoms with Gasteiger partial charge in [-0.3, -0.25) is 0 Å². The number of rotatable bonds is 9. The SMILES string of the molecule is COc1ccc(OCCNC(C)CCSC)cc1. The molecule has 1 atom stereocenters. The van der Waals surface area contributed by atoms with Crippen LogP contribution in [0.1, 0.15) is 13.3 Å². The zero-order chi connectivity index (χ0) is 13.2. The molecule has 0 aliphatic rings. The lowest BCUT2D eigenvalue weighted by Crippen LogP contribution is -2.30. The maximum absolute atomic E-state index is 5.64. The van der Waals surface area contributed by atoms with Gasteiger partial charge in [-0.1, -0.05) is 0 Å². The second kappa shape index (κ2) is 9.11. The van der Waals surface area contributed by atoms with E-state index in [0.717, 1.165) is 18.0 Å². The lowest BCUT2D eigenvalue weighted by molar-refractivity contribution is 0.305. The van der Waals surface area contributed by atoms with Crippen LogP contribution in [-0.2, 0) is 0 Å². The van der Waals surface area contributed by atoms with E-state index in [2.05, 4.69) is 18.5 Å². The summed E-state index contributed by atoms with van der Waals surface area (Å²) in [6.07, 6.45) is 3.34. The van der Waals surface area contributed by atoms with Gasteiger partial charge in [0.25, 0.3) is 0 Å². The van der Waals surface area contributed by atoms with Crippen molar-refractivity contribution in [1.29, 1.82) is 0 Å². The maximum Gasteiger partial charge on any atom is 0.119 e. The smallest absolute Gasteiger partial charge is 0.119 e. The molecule has 0 aliphatic heterocycles. The van der Waals surface area contributed by atoms with Gasteiger partial charge in [-0.05, 0) is 49.6 Å². The Kier molecular flexibility index (Phi) is 7.69. The molecular formula is C14H23NO2S. The molecule has 3 nitrogen and oxygen atoms in total. The van der Waals surface area contributed by atoms with E-state index in [0.29, 0.717) is 12.6 Å². The van der Waals surface area contributed by atoms with E-state index < -0.39 is 0 Å². The summed E-state index contributed by atoms with van der Waals surface area (Å²) in [4.78, 5) is 0. The number of nitrogens with one attached hydrogen (secondary N) is 1. The number of hydrogen-bond donors (Lipinski definition) is 1. The molecule has 1 aromatic rings. The highest BCUT2D eigenvalue weighted by Crippen LogP contribution is 2.16. The third-order valence-corrected chi connectivity index (χ3v) is 3.32. The number of hydrogen-bond acceptors (Lipinski definition) is 4. The van der Waals surface area contributed by atoms with Crippen LogP contribution in [0.15, 0.2) is 24.3 Å². The Labute approximate surface area is 114 Å². The van der Waals surface area contributed by atoms with E-state index in [1.165, 1.54) is 12.2 Å². The van der Waals surface area contributed by atoms with Gasteiger partial charge in [0, 0.05) is 12.6 Å². The fourth-order valence-electron chi connectivity index (χ4n) is 1.54. The van der Waals surface area contributed by atoms with Crippen molar-refractivity contribution >= 4 is 11.8 Å². The molecule has 0 aliphatic carbocycles. The van der Waals surface area contributed by atoms with Crippen LogP contribution >= 0.6 is 11.8 Å². The summed E-state index contributed by atoms with van der Waals surface area (Å²) < 4.78 is 10.7. The summed E-state index contributed by atoms with van der Waals surface area (Å²) in [6, 6.07) is 8.22. The molecule has 18 heavy (non-hydrogen) atoms. The predicted octanol–water partition coefficient (Wildman–Crippen LogP) is 2.81. The lowest BCUT2D eigenvalue weighted by atomic mass is 10.2. The van der Waals surface area contributed by atoms with Crippen molar-refractivity contribution in [2.45, 2.75) is 19.4 Å². The van der Waals surface area contributed by atoms with Gasteiger partial charge in [0.2, 0.25) is 0 Å². The summed E-state index contributed by atoms with van der Waals surface area (Å²) >= 11 is 1.89. The van der Waals surface area contributed by atoms with Crippen molar-refractivity contribution in [3.63, 3.8) is 0 Å². The molecule has 0 aromatic heterocycles. The first kappa shape index (κ1) is 15.2. The molecule has 0 saturated heterocycles. The first-order valence-electron chi connectivity index (χ1n) is 6.25. The van der Waals surface area contributed by atoms with Crippen LogP contribution in [0, 0.1) is 0 Å². The molecule has 0 fully saturated rings. The second-order valence-electron chi connectivity index (χ2n) is 4.16. The Hall–Kier alpha value is -0.870. The van der Waals surface area contributed by atoms with E-state index in [4.69, 9.17) is 9.47 Å². The third kappa shape index (κ3) is 6.17. The molecule has 1 unspecified atom stereocenters. The van der Waals surface area contributed by atoms with Gasteiger partial charge in [0.05, 0.1) is 7.11 Å². The van der Waals surface area contributed by atoms with E-state index in [1.54, 1.807) is 7.11 Å². The van der Waals surface area contributed by atoms with Crippen molar-refractivity contribution in [1.82, 2.24) is 5.32 Å². The van der Waals surface area contributed by atoms with Crippen LogP contribution in [0.4, 0.5) is 0 Å². The highest BCUT2D eigenvalue weighted by molar-refractivity contribution is 7.98. The van der Waals surface area contributed by atoms with Gasteiger partial charge < -0.3 is 14.8 Å². The minimum absolute atomic E-state index is 0.553. The molecule has 1 N–H and O–H groups in total. The Balaban J connectivity index is 2.13. The van der Waals surface area contributed by atoms with Gasteiger partial charge in [-0.15, -0.1) is 0 Å². The molecule has 0 saturated carbocycles. The number of ether oxygens (including phenoxy) is 2. The monoisotopic (exact) mass is 269 g/mol. The van der Waals surface area contributed by atoms with Gasteiger partial charge in [0.1, 0.15) is 18.1 Å². The summed E-state index contributed by atoms with van der Waals surface area (Å²) in [7, 11) is 1.66. The lowest BCUT2D eigenvalue weighted by Gasteiger charge is -2.13. The van der Waals surface area contributed by atoms with E-state index >= 15 is 0 Å². The van der Waals surface area contributed by atoms with Gasteiger partial charge in [-0.25, -0.2) is 0 Å². The Morgan fingerprint density at radius 1 is 1.22 bits per heavy atom. The molecule has 4 heteroatoms. The van der Waals surface area contributed by atoms with Crippen LogP contribution in [0.3, 0.4) is 0 Å². The van der Waals surface area contributed by atoms with Gasteiger partial charge in [-0.2, -0.15) is 11.8 Å². The summed E-state index contributed by atoms with van der Waals surface area (Å²) in [5.74, 6) is 2.94. The Morgan fingerprint density at radius 3 is 2.50 bits per heavy atom.